The van der Waals surface area contributed by atoms with Gasteiger partial charge in [0.25, 0.3) is 0 Å². The zero-order chi connectivity index (χ0) is 16.8. The minimum absolute atomic E-state index is 0.0939. The van der Waals surface area contributed by atoms with Gasteiger partial charge in [-0.05, 0) is 70.6 Å². The monoisotopic (exact) mass is 312 g/mol. The molecule has 3 rings (SSSR count). The number of hydrogen-bond donors (Lipinski definition) is 1. The van der Waals surface area contributed by atoms with Gasteiger partial charge in [0.15, 0.2) is 0 Å². The van der Waals surface area contributed by atoms with Crippen LogP contribution in [0.3, 0.4) is 0 Å². The van der Waals surface area contributed by atoms with Crippen molar-refractivity contribution in [3.8, 4) is 0 Å². The Morgan fingerprint density at radius 3 is 2.78 bits per heavy atom. The van der Waals surface area contributed by atoms with Crippen molar-refractivity contribution in [2.75, 3.05) is 0 Å². The number of nitrogens with one attached hydrogen (secondary N) is 1. The minimum Gasteiger partial charge on any atom is -0.350 e. The number of rotatable bonds is 2. The van der Waals surface area contributed by atoms with E-state index in [1.54, 1.807) is 0 Å². The summed E-state index contributed by atoms with van der Waals surface area (Å²) in [6, 6.07) is 6.61. The summed E-state index contributed by atoms with van der Waals surface area (Å²) in [7, 11) is 0. The predicted octanol–water partition coefficient (Wildman–Crippen LogP) is 3.99. The molecule has 0 aliphatic heterocycles. The smallest absolute Gasteiger partial charge is 0.240 e. The Morgan fingerprint density at radius 2 is 2.09 bits per heavy atom. The summed E-state index contributed by atoms with van der Waals surface area (Å²) in [6.07, 6.45) is 3.42. The standard InChI is InChI=1S/C20H28N2O/c1-13-6-8-17-15(10-13)16-11-14(2)7-9-18(16)22(17)12-19(23)21-20(3,4)5/h6,8,10,14H,7,9,11-12H2,1-5H3,(H,21,23). The van der Waals surface area contributed by atoms with Gasteiger partial charge >= 0.3 is 0 Å². The maximum absolute atomic E-state index is 12.5. The quantitative estimate of drug-likeness (QED) is 0.894. The number of fused-ring (bicyclic) bond motifs is 3. The van der Waals surface area contributed by atoms with E-state index in [0.29, 0.717) is 6.54 Å². The van der Waals surface area contributed by atoms with E-state index >= 15 is 0 Å². The lowest BCUT2D eigenvalue weighted by Gasteiger charge is -2.23. The molecule has 0 spiro atoms. The van der Waals surface area contributed by atoms with E-state index in [0.717, 1.165) is 18.8 Å². The molecule has 3 nitrogen and oxygen atoms in total. The molecule has 0 fully saturated rings. The SMILES string of the molecule is Cc1ccc2c(c1)c1c(n2CC(=O)NC(C)(C)C)CCC(C)C1. The van der Waals surface area contributed by atoms with Gasteiger partial charge in [0, 0.05) is 22.1 Å². The summed E-state index contributed by atoms with van der Waals surface area (Å²) in [6.45, 7) is 11.0. The number of nitrogens with zero attached hydrogens (tertiary/aromatic N) is 1. The maximum atomic E-state index is 12.5. The molecule has 1 unspecified atom stereocenters. The second-order valence-electron chi connectivity index (χ2n) is 8.18. The largest absolute Gasteiger partial charge is 0.350 e. The van der Waals surface area contributed by atoms with Crippen LogP contribution in [0.15, 0.2) is 18.2 Å². The second kappa shape index (κ2) is 5.70. The maximum Gasteiger partial charge on any atom is 0.240 e. The first-order chi connectivity index (χ1) is 10.7. The molecular formula is C20H28N2O. The third kappa shape index (κ3) is 3.29. The highest BCUT2D eigenvalue weighted by molar-refractivity contribution is 5.88. The van der Waals surface area contributed by atoms with Crippen molar-refractivity contribution in [2.24, 2.45) is 5.92 Å². The summed E-state index contributed by atoms with van der Waals surface area (Å²) in [5.41, 5.74) is 5.14. The molecule has 0 radical (unpaired) electrons. The molecule has 0 saturated heterocycles. The Bertz CT molecular complexity index is 749. The Morgan fingerprint density at radius 1 is 1.35 bits per heavy atom. The number of amides is 1. The molecule has 124 valence electrons. The van der Waals surface area contributed by atoms with Crippen molar-refractivity contribution >= 4 is 16.8 Å². The van der Waals surface area contributed by atoms with Crippen molar-refractivity contribution in [1.82, 2.24) is 9.88 Å². The highest BCUT2D eigenvalue weighted by atomic mass is 16.2. The summed E-state index contributed by atoms with van der Waals surface area (Å²) in [5, 5.41) is 4.43. The van der Waals surface area contributed by atoms with Crippen molar-refractivity contribution in [1.29, 1.82) is 0 Å². The summed E-state index contributed by atoms with van der Waals surface area (Å²) in [4.78, 5) is 12.5. The third-order valence-corrected chi connectivity index (χ3v) is 4.68. The number of aryl methyl sites for hydroxylation is 1. The fraction of sp³-hybridized carbons (Fsp3) is 0.550. The van der Waals surface area contributed by atoms with Crippen LogP contribution in [0.5, 0.6) is 0 Å². The third-order valence-electron chi connectivity index (χ3n) is 4.68. The molecule has 1 atom stereocenters. The van der Waals surface area contributed by atoms with Crippen molar-refractivity contribution in [3.05, 3.63) is 35.0 Å². The van der Waals surface area contributed by atoms with Gasteiger partial charge in [0.2, 0.25) is 5.91 Å². The lowest BCUT2D eigenvalue weighted by Crippen LogP contribution is -2.42. The molecule has 2 aromatic rings. The van der Waals surface area contributed by atoms with Crippen LogP contribution in [0.2, 0.25) is 0 Å². The van der Waals surface area contributed by atoms with E-state index in [2.05, 4.69) is 41.9 Å². The van der Waals surface area contributed by atoms with Gasteiger partial charge in [0.1, 0.15) is 6.54 Å². The number of carbonyl (C=O) groups excluding carboxylic acids is 1. The average molecular weight is 312 g/mol. The van der Waals surface area contributed by atoms with Gasteiger partial charge in [-0.3, -0.25) is 4.79 Å². The Hall–Kier alpha value is -1.77. The summed E-state index contributed by atoms with van der Waals surface area (Å²) < 4.78 is 2.25. The molecule has 3 heteroatoms. The van der Waals surface area contributed by atoms with Crippen molar-refractivity contribution in [2.45, 2.75) is 66.0 Å². The van der Waals surface area contributed by atoms with E-state index in [1.165, 1.54) is 34.1 Å². The van der Waals surface area contributed by atoms with Gasteiger partial charge in [-0.2, -0.15) is 0 Å². The lowest BCUT2D eigenvalue weighted by atomic mass is 9.87. The average Bonchev–Trinajstić information content (AvgIpc) is 2.70. The fourth-order valence-corrected chi connectivity index (χ4v) is 3.72. The Labute approximate surface area is 139 Å². The first-order valence-corrected chi connectivity index (χ1v) is 8.66. The second-order valence-corrected chi connectivity index (χ2v) is 8.18. The zero-order valence-electron chi connectivity index (χ0n) is 15.0. The van der Waals surface area contributed by atoms with Crippen molar-refractivity contribution < 1.29 is 4.79 Å². The number of aromatic nitrogens is 1. The van der Waals surface area contributed by atoms with Crippen molar-refractivity contribution in [3.63, 3.8) is 0 Å². The Balaban J connectivity index is 2.04. The number of carbonyl (C=O) groups is 1. The predicted molar refractivity (Wildman–Crippen MR) is 95.8 cm³/mol. The van der Waals surface area contributed by atoms with Crippen LogP contribution in [-0.2, 0) is 24.2 Å². The molecule has 1 heterocycles. The number of hydrogen-bond acceptors (Lipinski definition) is 1. The van der Waals surface area contributed by atoms with E-state index in [-0.39, 0.29) is 11.4 Å². The molecule has 0 saturated carbocycles. The van der Waals surface area contributed by atoms with Gasteiger partial charge in [-0.1, -0.05) is 18.6 Å². The lowest BCUT2D eigenvalue weighted by molar-refractivity contribution is -0.123. The van der Waals surface area contributed by atoms with E-state index in [9.17, 15) is 4.79 Å². The van der Waals surface area contributed by atoms with Crippen LogP contribution in [0.4, 0.5) is 0 Å². The highest BCUT2D eigenvalue weighted by Gasteiger charge is 2.25. The van der Waals surface area contributed by atoms with E-state index < -0.39 is 0 Å². The van der Waals surface area contributed by atoms with Crippen LogP contribution in [0.25, 0.3) is 10.9 Å². The number of benzene rings is 1. The first-order valence-electron chi connectivity index (χ1n) is 8.66. The van der Waals surface area contributed by atoms with E-state index in [4.69, 9.17) is 0 Å². The molecule has 1 N–H and O–H groups in total. The van der Waals surface area contributed by atoms with Crippen LogP contribution in [-0.4, -0.2) is 16.0 Å². The van der Waals surface area contributed by atoms with Gasteiger partial charge in [-0.15, -0.1) is 0 Å². The molecule has 1 aromatic carbocycles. The van der Waals surface area contributed by atoms with Crippen LogP contribution >= 0.6 is 0 Å². The van der Waals surface area contributed by atoms with Crippen LogP contribution in [0.1, 0.15) is 50.9 Å². The minimum atomic E-state index is -0.189. The van der Waals surface area contributed by atoms with Gasteiger partial charge in [0.05, 0.1) is 0 Å². The molecule has 23 heavy (non-hydrogen) atoms. The first kappa shape index (κ1) is 16.1. The van der Waals surface area contributed by atoms with Crippen LogP contribution < -0.4 is 5.32 Å². The molecule has 1 amide bonds. The van der Waals surface area contributed by atoms with E-state index in [1.807, 2.05) is 20.8 Å². The molecule has 1 aliphatic rings. The van der Waals surface area contributed by atoms with Gasteiger partial charge < -0.3 is 9.88 Å². The molecule has 0 bridgehead atoms. The fourth-order valence-electron chi connectivity index (χ4n) is 3.72. The molecule has 1 aromatic heterocycles. The zero-order valence-corrected chi connectivity index (χ0v) is 15.0. The van der Waals surface area contributed by atoms with Gasteiger partial charge in [-0.25, -0.2) is 0 Å². The normalized spacial score (nSPS) is 18.0. The molecular weight excluding hydrogens is 284 g/mol. The van der Waals surface area contributed by atoms with Crippen LogP contribution in [0, 0.1) is 12.8 Å². The highest BCUT2D eigenvalue weighted by Crippen LogP contribution is 2.34. The molecule has 1 aliphatic carbocycles. The summed E-state index contributed by atoms with van der Waals surface area (Å²) in [5.74, 6) is 0.821. The topological polar surface area (TPSA) is 34.0 Å². The Kier molecular flexibility index (Phi) is 3.99. The summed E-state index contributed by atoms with van der Waals surface area (Å²) >= 11 is 0.